The van der Waals surface area contributed by atoms with E-state index >= 15 is 0 Å². The third-order valence-electron chi connectivity index (χ3n) is 5.90. The summed E-state index contributed by atoms with van der Waals surface area (Å²) in [6.45, 7) is 6.12. The molecule has 1 saturated heterocycles. The molecule has 1 aliphatic heterocycles. The summed E-state index contributed by atoms with van der Waals surface area (Å²) in [4.78, 5) is 12.3. The molecule has 5 rings (SSSR count). The number of fused-ring (bicyclic) bond motifs is 1. The molecule has 0 unspecified atom stereocenters. The van der Waals surface area contributed by atoms with Crippen LogP contribution in [0, 0.1) is 13.8 Å². The summed E-state index contributed by atoms with van der Waals surface area (Å²) in [5, 5.41) is 12.0. The first-order chi connectivity index (χ1) is 15.5. The molecule has 0 bridgehead atoms. The normalized spacial score (nSPS) is 18.3. The van der Waals surface area contributed by atoms with Crippen molar-refractivity contribution in [1.29, 1.82) is 0 Å². The standard InChI is InChI=1S/C26H25N3O2S/c1-16-11-12-22(17(2)13-16)29-24(15-20-9-6-8-19-7-4-5-10-21(19)20)27-28-26(29)32-23-14-18(3)31-25(23)30/h4-13,18,23H,14-15H2,1-3H3/t18-,23-/m1/s1. The largest absolute Gasteiger partial charge is 0.462 e. The van der Waals surface area contributed by atoms with Crippen LogP contribution in [0.5, 0.6) is 0 Å². The Morgan fingerprint density at radius 1 is 1.06 bits per heavy atom. The number of benzene rings is 3. The first kappa shape index (κ1) is 20.8. The number of aryl methyl sites for hydroxylation is 2. The Bertz CT molecular complexity index is 1310. The van der Waals surface area contributed by atoms with Gasteiger partial charge in [-0.25, -0.2) is 0 Å². The molecule has 0 radical (unpaired) electrons. The van der Waals surface area contributed by atoms with Crippen molar-refractivity contribution < 1.29 is 9.53 Å². The fourth-order valence-corrected chi connectivity index (χ4v) is 5.52. The monoisotopic (exact) mass is 443 g/mol. The summed E-state index contributed by atoms with van der Waals surface area (Å²) < 4.78 is 7.47. The maximum Gasteiger partial charge on any atom is 0.319 e. The summed E-state index contributed by atoms with van der Waals surface area (Å²) in [7, 11) is 0. The summed E-state index contributed by atoms with van der Waals surface area (Å²) in [5.74, 6) is 0.684. The van der Waals surface area contributed by atoms with Crippen molar-refractivity contribution in [2.45, 2.75) is 50.1 Å². The molecule has 1 aromatic heterocycles. The fraction of sp³-hybridized carbons (Fsp3) is 0.269. The number of hydrogen-bond donors (Lipinski definition) is 0. The first-order valence-corrected chi connectivity index (χ1v) is 11.7. The number of carbonyl (C=O) groups excluding carboxylic acids is 1. The van der Waals surface area contributed by atoms with E-state index in [9.17, 15) is 4.79 Å². The second-order valence-corrected chi connectivity index (χ2v) is 9.60. The van der Waals surface area contributed by atoms with E-state index in [0.29, 0.717) is 12.8 Å². The third kappa shape index (κ3) is 3.91. The predicted octanol–water partition coefficient (Wildman–Crippen LogP) is 5.42. The zero-order valence-corrected chi connectivity index (χ0v) is 19.2. The number of carbonyl (C=O) groups is 1. The molecule has 5 nitrogen and oxygen atoms in total. The van der Waals surface area contributed by atoms with Gasteiger partial charge in [-0.2, -0.15) is 0 Å². The summed E-state index contributed by atoms with van der Waals surface area (Å²) in [5.41, 5.74) is 4.59. The van der Waals surface area contributed by atoms with Crippen LogP contribution in [-0.4, -0.2) is 32.1 Å². The van der Waals surface area contributed by atoms with Crippen molar-refractivity contribution in [2.24, 2.45) is 0 Å². The highest BCUT2D eigenvalue weighted by molar-refractivity contribution is 8.00. The van der Waals surface area contributed by atoms with Crippen LogP contribution in [-0.2, 0) is 16.0 Å². The molecule has 0 saturated carbocycles. The van der Waals surface area contributed by atoms with Gasteiger partial charge >= 0.3 is 5.97 Å². The van der Waals surface area contributed by atoms with Crippen LogP contribution < -0.4 is 0 Å². The number of nitrogens with zero attached hydrogens (tertiary/aromatic N) is 3. The van der Waals surface area contributed by atoms with E-state index in [1.807, 2.05) is 6.92 Å². The number of hydrogen-bond acceptors (Lipinski definition) is 5. The molecule has 0 spiro atoms. The van der Waals surface area contributed by atoms with Crippen LogP contribution in [0.3, 0.4) is 0 Å². The smallest absolute Gasteiger partial charge is 0.319 e. The first-order valence-electron chi connectivity index (χ1n) is 10.9. The van der Waals surface area contributed by atoms with E-state index < -0.39 is 0 Å². The Labute approximate surface area is 191 Å². The maximum atomic E-state index is 12.3. The molecular formula is C26H25N3O2S. The van der Waals surface area contributed by atoms with Gasteiger partial charge in [0.15, 0.2) is 5.16 Å². The van der Waals surface area contributed by atoms with Crippen molar-refractivity contribution in [3.63, 3.8) is 0 Å². The quantitative estimate of drug-likeness (QED) is 0.385. The van der Waals surface area contributed by atoms with Gasteiger partial charge in [-0.05, 0) is 48.7 Å². The average Bonchev–Trinajstić information content (AvgIpc) is 3.30. The van der Waals surface area contributed by atoms with Crippen molar-refractivity contribution >= 4 is 28.5 Å². The second kappa shape index (κ2) is 8.43. The van der Waals surface area contributed by atoms with Gasteiger partial charge in [-0.15, -0.1) is 10.2 Å². The van der Waals surface area contributed by atoms with E-state index in [1.54, 1.807) is 0 Å². The number of aromatic nitrogens is 3. The van der Waals surface area contributed by atoms with E-state index in [0.717, 1.165) is 22.2 Å². The Morgan fingerprint density at radius 2 is 1.88 bits per heavy atom. The van der Waals surface area contributed by atoms with Crippen molar-refractivity contribution in [3.8, 4) is 5.69 Å². The van der Waals surface area contributed by atoms with Gasteiger partial charge < -0.3 is 4.74 Å². The average molecular weight is 444 g/mol. The lowest BCUT2D eigenvalue weighted by atomic mass is 10.0. The lowest BCUT2D eigenvalue weighted by Gasteiger charge is -2.15. The molecule has 6 heteroatoms. The van der Waals surface area contributed by atoms with Gasteiger partial charge in [-0.3, -0.25) is 9.36 Å². The van der Waals surface area contributed by atoms with Crippen LogP contribution in [0.4, 0.5) is 0 Å². The Balaban J connectivity index is 1.59. The lowest BCUT2D eigenvalue weighted by Crippen LogP contribution is -2.12. The van der Waals surface area contributed by atoms with Crippen molar-refractivity contribution in [1.82, 2.24) is 14.8 Å². The molecule has 1 fully saturated rings. The zero-order valence-electron chi connectivity index (χ0n) is 18.4. The molecule has 2 heterocycles. The Morgan fingerprint density at radius 3 is 2.66 bits per heavy atom. The van der Waals surface area contributed by atoms with Crippen LogP contribution in [0.25, 0.3) is 16.5 Å². The van der Waals surface area contributed by atoms with E-state index in [-0.39, 0.29) is 17.3 Å². The molecule has 3 aromatic carbocycles. The number of esters is 1. The van der Waals surface area contributed by atoms with Crippen molar-refractivity contribution in [3.05, 3.63) is 83.2 Å². The summed E-state index contributed by atoms with van der Waals surface area (Å²) in [6, 6.07) is 21.1. The van der Waals surface area contributed by atoms with Gasteiger partial charge in [0, 0.05) is 12.8 Å². The van der Waals surface area contributed by atoms with Gasteiger partial charge in [-0.1, -0.05) is 71.9 Å². The lowest BCUT2D eigenvalue weighted by molar-refractivity contribution is -0.140. The number of cyclic esters (lactones) is 1. The Kier molecular flexibility index (Phi) is 5.47. The third-order valence-corrected chi connectivity index (χ3v) is 7.04. The number of thioether (sulfide) groups is 1. The number of ether oxygens (including phenoxy) is 1. The summed E-state index contributed by atoms with van der Waals surface area (Å²) >= 11 is 1.45. The molecule has 0 aliphatic carbocycles. The van der Waals surface area contributed by atoms with Crippen LogP contribution in [0.2, 0.25) is 0 Å². The fourth-order valence-electron chi connectivity index (χ4n) is 4.35. The molecular weight excluding hydrogens is 418 g/mol. The van der Waals surface area contributed by atoms with Crippen molar-refractivity contribution in [2.75, 3.05) is 0 Å². The molecule has 0 N–H and O–H groups in total. The predicted molar refractivity (Wildman–Crippen MR) is 127 cm³/mol. The molecule has 4 aromatic rings. The minimum absolute atomic E-state index is 0.0624. The molecule has 1 aliphatic rings. The zero-order chi connectivity index (χ0) is 22.2. The van der Waals surface area contributed by atoms with Gasteiger partial charge in [0.25, 0.3) is 0 Å². The second-order valence-electron chi connectivity index (χ2n) is 8.43. The van der Waals surface area contributed by atoms with E-state index in [2.05, 4.69) is 89.3 Å². The topological polar surface area (TPSA) is 57.0 Å². The van der Waals surface area contributed by atoms with Crippen LogP contribution in [0.1, 0.15) is 35.9 Å². The SMILES string of the molecule is Cc1ccc(-n2c(Cc3cccc4ccccc34)nnc2S[C@@H]2C[C@@H](C)OC2=O)c(C)c1. The minimum atomic E-state index is -0.260. The van der Waals surface area contributed by atoms with Gasteiger partial charge in [0.05, 0.1) is 5.69 Å². The van der Waals surface area contributed by atoms with Crippen LogP contribution in [0.15, 0.2) is 65.8 Å². The minimum Gasteiger partial charge on any atom is -0.462 e. The highest BCUT2D eigenvalue weighted by atomic mass is 32.2. The highest BCUT2D eigenvalue weighted by Crippen LogP contribution is 2.34. The highest BCUT2D eigenvalue weighted by Gasteiger charge is 2.34. The number of rotatable bonds is 5. The van der Waals surface area contributed by atoms with Gasteiger partial charge in [0.2, 0.25) is 0 Å². The maximum absolute atomic E-state index is 12.3. The van der Waals surface area contributed by atoms with Crippen LogP contribution >= 0.6 is 11.8 Å². The van der Waals surface area contributed by atoms with Gasteiger partial charge in [0.1, 0.15) is 17.2 Å². The molecule has 32 heavy (non-hydrogen) atoms. The molecule has 2 atom stereocenters. The van der Waals surface area contributed by atoms with E-state index in [1.165, 1.54) is 33.7 Å². The summed E-state index contributed by atoms with van der Waals surface area (Å²) in [6.07, 6.45) is 1.27. The Hall–Kier alpha value is -3.12. The molecule has 162 valence electrons. The molecule has 0 amide bonds. The van der Waals surface area contributed by atoms with E-state index in [4.69, 9.17) is 4.74 Å².